The number of benzene rings is 1. The molecule has 0 fully saturated rings. The molecule has 0 saturated carbocycles. The summed E-state index contributed by atoms with van der Waals surface area (Å²) >= 11 is 0. The fourth-order valence-corrected chi connectivity index (χ4v) is 2.78. The first-order chi connectivity index (χ1) is 13.6. The van der Waals surface area contributed by atoms with Crippen molar-refractivity contribution in [3.63, 3.8) is 0 Å². The first-order valence-corrected chi connectivity index (χ1v) is 9.58. The summed E-state index contributed by atoms with van der Waals surface area (Å²) in [4.78, 5) is 22.5. The van der Waals surface area contributed by atoms with Gasteiger partial charge in [0.1, 0.15) is 0 Å². The van der Waals surface area contributed by atoms with Gasteiger partial charge in [0.15, 0.2) is 5.96 Å². The van der Waals surface area contributed by atoms with E-state index in [4.69, 9.17) is 0 Å². The Morgan fingerprint density at radius 2 is 1.86 bits per heavy atom. The van der Waals surface area contributed by atoms with Crippen molar-refractivity contribution in [2.45, 2.75) is 13.8 Å². The molecule has 0 radical (unpaired) electrons. The smallest absolute Gasteiger partial charge is 0.252 e. The lowest BCUT2D eigenvalue weighted by atomic mass is 10.2. The average Bonchev–Trinajstić information content (AvgIpc) is 2.73. The molecule has 3 N–H and O–H groups in total. The van der Waals surface area contributed by atoms with Gasteiger partial charge in [0, 0.05) is 57.9 Å². The fourth-order valence-electron chi connectivity index (χ4n) is 2.78. The molecule has 1 aromatic heterocycles. The lowest BCUT2D eigenvalue weighted by molar-refractivity contribution is 0.0954. The van der Waals surface area contributed by atoms with E-state index in [0.717, 1.165) is 25.6 Å². The Bertz CT molecular complexity index is 769. The van der Waals surface area contributed by atoms with E-state index >= 15 is 0 Å². The first-order valence-electron chi connectivity index (χ1n) is 9.58. The molecule has 0 atom stereocenters. The zero-order chi connectivity index (χ0) is 20.2. The maximum Gasteiger partial charge on any atom is 0.252 e. The number of aromatic nitrogens is 1. The number of aliphatic imine (C=N–C) groups is 1. The minimum atomic E-state index is -0.130. The van der Waals surface area contributed by atoms with Gasteiger partial charge in [-0.05, 0) is 43.7 Å². The molecule has 29 heavy (non-hydrogen) atoms. The fraction of sp³-hybridized carbons (Fsp3) is 0.381. The average molecular weight is 510 g/mol. The van der Waals surface area contributed by atoms with Crippen LogP contribution in [0.2, 0.25) is 0 Å². The zero-order valence-corrected chi connectivity index (χ0v) is 19.6. The van der Waals surface area contributed by atoms with Crippen LogP contribution < -0.4 is 20.9 Å². The van der Waals surface area contributed by atoms with Gasteiger partial charge in [-0.15, -0.1) is 24.0 Å². The molecule has 0 aliphatic rings. The number of anilines is 1. The van der Waals surface area contributed by atoms with Crippen molar-refractivity contribution < 1.29 is 4.79 Å². The lowest BCUT2D eigenvalue weighted by Crippen LogP contribution is -2.44. The topological polar surface area (TPSA) is 81.6 Å². The number of nitrogens with zero attached hydrogens (tertiary/aromatic N) is 3. The number of carbonyl (C=O) groups excluding carboxylic acids is 1. The van der Waals surface area contributed by atoms with Crippen LogP contribution >= 0.6 is 24.0 Å². The number of guanidine groups is 1. The summed E-state index contributed by atoms with van der Waals surface area (Å²) in [5, 5.41) is 9.38. The van der Waals surface area contributed by atoms with Crippen molar-refractivity contribution in [1.29, 1.82) is 0 Å². The second-order valence-corrected chi connectivity index (χ2v) is 6.34. The van der Waals surface area contributed by atoms with E-state index in [9.17, 15) is 4.79 Å². The third-order valence-corrected chi connectivity index (χ3v) is 4.27. The zero-order valence-electron chi connectivity index (χ0n) is 17.3. The predicted molar refractivity (Wildman–Crippen MR) is 130 cm³/mol. The number of hydrogen-bond donors (Lipinski definition) is 3. The number of likely N-dealkylation sites (N-methyl/N-ethyl adjacent to an activating group) is 1. The van der Waals surface area contributed by atoms with E-state index < -0.39 is 0 Å². The van der Waals surface area contributed by atoms with Gasteiger partial charge in [-0.3, -0.25) is 14.8 Å². The Morgan fingerprint density at radius 3 is 2.52 bits per heavy atom. The molecule has 0 unspecified atom stereocenters. The summed E-state index contributed by atoms with van der Waals surface area (Å²) in [6.07, 6.45) is 3.20. The molecule has 0 bridgehead atoms. The summed E-state index contributed by atoms with van der Waals surface area (Å²) in [7, 11) is 1.74. The predicted octanol–water partition coefficient (Wildman–Crippen LogP) is 2.43. The number of hydrogen-bond acceptors (Lipinski definition) is 4. The minimum Gasteiger partial charge on any atom is -0.370 e. The lowest BCUT2D eigenvalue weighted by Gasteiger charge is -2.24. The van der Waals surface area contributed by atoms with E-state index in [1.807, 2.05) is 0 Å². The summed E-state index contributed by atoms with van der Waals surface area (Å²) < 4.78 is 0. The highest BCUT2D eigenvalue weighted by Gasteiger charge is 2.06. The number of aryl methyl sites for hydroxylation is 1. The SMILES string of the molecule is CCN(CCNC(=NC)NCCNC(=O)c1cccnc1)c1cccc(C)c1.I. The molecule has 1 amide bonds. The number of halogens is 1. The Hall–Kier alpha value is -2.36. The molecule has 8 heteroatoms. The van der Waals surface area contributed by atoms with Crippen molar-refractivity contribution in [2.75, 3.05) is 44.7 Å². The van der Waals surface area contributed by atoms with Crippen LogP contribution in [0.25, 0.3) is 0 Å². The molecule has 0 aliphatic carbocycles. The highest BCUT2D eigenvalue weighted by atomic mass is 127. The molecule has 1 aromatic carbocycles. The summed E-state index contributed by atoms with van der Waals surface area (Å²) in [5.74, 6) is 0.588. The van der Waals surface area contributed by atoms with E-state index in [-0.39, 0.29) is 29.9 Å². The van der Waals surface area contributed by atoms with Gasteiger partial charge >= 0.3 is 0 Å². The third-order valence-electron chi connectivity index (χ3n) is 4.27. The van der Waals surface area contributed by atoms with E-state index in [2.05, 4.69) is 68.9 Å². The Morgan fingerprint density at radius 1 is 1.10 bits per heavy atom. The van der Waals surface area contributed by atoms with Crippen LogP contribution in [0.15, 0.2) is 53.8 Å². The van der Waals surface area contributed by atoms with Crippen molar-refractivity contribution in [2.24, 2.45) is 4.99 Å². The normalized spacial score (nSPS) is 10.7. The molecule has 2 aromatic rings. The van der Waals surface area contributed by atoms with Crippen LogP contribution in [0.3, 0.4) is 0 Å². The van der Waals surface area contributed by atoms with Crippen LogP contribution in [0.4, 0.5) is 5.69 Å². The van der Waals surface area contributed by atoms with Crippen molar-refractivity contribution in [1.82, 2.24) is 20.9 Å². The van der Waals surface area contributed by atoms with Gasteiger partial charge in [0.05, 0.1) is 5.56 Å². The maximum atomic E-state index is 12.0. The van der Waals surface area contributed by atoms with Crippen LogP contribution in [0.1, 0.15) is 22.8 Å². The molecule has 2 rings (SSSR count). The molecule has 0 spiro atoms. The molecular formula is C21H31IN6O. The molecule has 158 valence electrons. The minimum absolute atomic E-state index is 0. The molecular weight excluding hydrogens is 479 g/mol. The van der Waals surface area contributed by atoms with Gasteiger partial charge in [0.25, 0.3) is 5.91 Å². The highest BCUT2D eigenvalue weighted by Crippen LogP contribution is 2.14. The molecule has 1 heterocycles. The van der Waals surface area contributed by atoms with Crippen molar-refractivity contribution >= 4 is 41.5 Å². The van der Waals surface area contributed by atoms with Gasteiger partial charge < -0.3 is 20.9 Å². The van der Waals surface area contributed by atoms with Gasteiger partial charge in [-0.2, -0.15) is 0 Å². The summed E-state index contributed by atoms with van der Waals surface area (Å²) in [5.41, 5.74) is 3.04. The Kier molecular flexibility index (Phi) is 11.7. The van der Waals surface area contributed by atoms with Gasteiger partial charge in [-0.1, -0.05) is 12.1 Å². The number of amides is 1. The van der Waals surface area contributed by atoms with E-state index in [0.29, 0.717) is 18.7 Å². The molecule has 0 saturated heterocycles. The number of nitrogens with one attached hydrogen (secondary N) is 3. The van der Waals surface area contributed by atoms with Crippen molar-refractivity contribution in [3.8, 4) is 0 Å². The summed E-state index contributed by atoms with van der Waals surface area (Å²) in [6, 6.07) is 12.0. The highest BCUT2D eigenvalue weighted by molar-refractivity contribution is 14.0. The summed E-state index contributed by atoms with van der Waals surface area (Å²) in [6.45, 7) is 7.92. The van der Waals surface area contributed by atoms with E-state index in [1.165, 1.54) is 11.3 Å². The number of rotatable bonds is 9. The van der Waals surface area contributed by atoms with Crippen LogP contribution in [-0.2, 0) is 0 Å². The van der Waals surface area contributed by atoms with Crippen LogP contribution in [-0.4, -0.2) is 56.6 Å². The molecule has 7 nitrogen and oxygen atoms in total. The Balaban J connectivity index is 0.00000420. The van der Waals surface area contributed by atoms with E-state index in [1.54, 1.807) is 31.6 Å². The first kappa shape index (κ1) is 24.7. The third kappa shape index (κ3) is 8.68. The molecule has 0 aliphatic heterocycles. The standard InChI is InChI=1S/C21H30N6O.HI/c1-4-27(19-9-5-7-17(2)15-19)14-13-26-21(22-3)25-12-11-24-20(28)18-8-6-10-23-16-18;/h5-10,15-16H,4,11-14H2,1-3H3,(H,24,28)(H2,22,25,26);1H. The largest absolute Gasteiger partial charge is 0.370 e. The van der Waals surface area contributed by atoms with Crippen LogP contribution in [0, 0.1) is 6.92 Å². The van der Waals surface area contributed by atoms with Gasteiger partial charge in [-0.25, -0.2) is 0 Å². The van der Waals surface area contributed by atoms with Crippen LogP contribution in [0.5, 0.6) is 0 Å². The Labute approximate surface area is 190 Å². The number of pyridine rings is 1. The number of carbonyl (C=O) groups is 1. The van der Waals surface area contributed by atoms with Crippen molar-refractivity contribution in [3.05, 3.63) is 59.9 Å². The monoisotopic (exact) mass is 510 g/mol. The second-order valence-electron chi connectivity index (χ2n) is 6.34. The maximum absolute atomic E-state index is 12.0. The quantitative estimate of drug-likeness (QED) is 0.209. The van der Waals surface area contributed by atoms with Gasteiger partial charge in [0.2, 0.25) is 0 Å². The second kappa shape index (κ2) is 13.8.